The van der Waals surface area contributed by atoms with Crippen LogP contribution in [0.3, 0.4) is 0 Å². The van der Waals surface area contributed by atoms with Gasteiger partial charge in [0, 0.05) is 29.2 Å². The van der Waals surface area contributed by atoms with E-state index in [0.29, 0.717) is 0 Å². The van der Waals surface area contributed by atoms with Gasteiger partial charge in [0.1, 0.15) is 0 Å². The smallest absolute Gasteiger partial charge is 0.0407 e. The van der Waals surface area contributed by atoms with Crippen LogP contribution >= 0.6 is 11.6 Å². The second-order valence-electron chi connectivity index (χ2n) is 4.75. The highest BCUT2D eigenvalue weighted by molar-refractivity contribution is 6.30. The number of benzene rings is 1. The molecular weight excluding hydrogens is 206 g/mol. The third-order valence-corrected chi connectivity index (χ3v) is 2.94. The Morgan fingerprint density at radius 1 is 1.20 bits per heavy atom. The molecule has 0 bridgehead atoms. The van der Waals surface area contributed by atoms with Gasteiger partial charge in [0.15, 0.2) is 0 Å². The van der Waals surface area contributed by atoms with Crippen LogP contribution in [0.1, 0.15) is 13.8 Å². The molecule has 1 aromatic carbocycles. The zero-order valence-electron chi connectivity index (χ0n) is 9.20. The van der Waals surface area contributed by atoms with Crippen LogP contribution in [0.5, 0.6) is 0 Å². The third-order valence-electron chi connectivity index (χ3n) is 2.68. The first-order valence-corrected chi connectivity index (χ1v) is 5.63. The zero-order chi connectivity index (χ0) is 10.9. The van der Waals surface area contributed by atoms with Crippen molar-refractivity contribution in [3.05, 3.63) is 41.4 Å². The fourth-order valence-corrected chi connectivity index (χ4v) is 2.08. The van der Waals surface area contributed by atoms with Gasteiger partial charge in [-0.1, -0.05) is 37.6 Å². The summed E-state index contributed by atoms with van der Waals surface area (Å²) >= 11 is 5.87. The third kappa shape index (κ3) is 2.54. The van der Waals surface area contributed by atoms with Crippen LogP contribution in [0.4, 0.5) is 5.69 Å². The Labute approximate surface area is 96.4 Å². The molecule has 1 aliphatic rings. The van der Waals surface area contributed by atoms with Gasteiger partial charge in [-0.2, -0.15) is 0 Å². The van der Waals surface area contributed by atoms with Crippen molar-refractivity contribution in [3.8, 4) is 0 Å². The minimum absolute atomic E-state index is 0.262. The van der Waals surface area contributed by atoms with E-state index >= 15 is 0 Å². The molecule has 1 nitrogen and oxygen atoms in total. The van der Waals surface area contributed by atoms with Gasteiger partial charge >= 0.3 is 0 Å². The van der Waals surface area contributed by atoms with Crippen molar-refractivity contribution in [2.45, 2.75) is 13.8 Å². The van der Waals surface area contributed by atoms with E-state index in [9.17, 15) is 0 Å². The Hall–Kier alpha value is -0.950. The van der Waals surface area contributed by atoms with Crippen LogP contribution in [-0.2, 0) is 0 Å². The van der Waals surface area contributed by atoms with E-state index in [-0.39, 0.29) is 5.41 Å². The molecular formula is C13H16ClN. The Kier molecular flexibility index (Phi) is 2.74. The molecule has 2 heteroatoms. The molecule has 1 aromatic rings. The second kappa shape index (κ2) is 3.90. The number of hydrogen-bond donors (Lipinski definition) is 0. The molecule has 80 valence electrons. The SMILES string of the molecule is CC1(C)C=CCN(c2ccc(Cl)cc2)C1. The molecule has 0 N–H and O–H groups in total. The van der Waals surface area contributed by atoms with Crippen LogP contribution in [0.25, 0.3) is 0 Å². The highest BCUT2D eigenvalue weighted by Gasteiger charge is 2.21. The maximum atomic E-state index is 5.87. The van der Waals surface area contributed by atoms with E-state index in [0.717, 1.165) is 18.1 Å². The van der Waals surface area contributed by atoms with E-state index < -0.39 is 0 Å². The van der Waals surface area contributed by atoms with E-state index in [1.54, 1.807) is 0 Å². The summed E-state index contributed by atoms with van der Waals surface area (Å²) in [6, 6.07) is 8.06. The number of rotatable bonds is 1. The molecule has 0 unspecified atom stereocenters. The lowest BCUT2D eigenvalue weighted by Crippen LogP contribution is -2.36. The minimum atomic E-state index is 0.262. The summed E-state index contributed by atoms with van der Waals surface area (Å²) in [6.07, 6.45) is 4.53. The predicted octanol–water partition coefficient (Wildman–Crippen LogP) is 3.74. The number of halogens is 1. The van der Waals surface area contributed by atoms with Gasteiger partial charge in [-0.25, -0.2) is 0 Å². The van der Waals surface area contributed by atoms with Crippen LogP contribution < -0.4 is 4.90 Å². The van der Waals surface area contributed by atoms with Crippen LogP contribution in [0.15, 0.2) is 36.4 Å². The summed E-state index contributed by atoms with van der Waals surface area (Å²) in [6.45, 7) is 6.56. The van der Waals surface area contributed by atoms with E-state index in [4.69, 9.17) is 11.6 Å². The molecule has 0 amide bonds. The van der Waals surface area contributed by atoms with Crippen molar-refractivity contribution < 1.29 is 0 Å². The van der Waals surface area contributed by atoms with E-state index in [1.807, 2.05) is 12.1 Å². The molecule has 0 spiro atoms. The lowest BCUT2D eigenvalue weighted by Gasteiger charge is -2.35. The largest absolute Gasteiger partial charge is 0.367 e. The Morgan fingerprint density at radius 2 is 1.87 bits per heavy atom. The summed E-state index contributed by atoms with van der Waals surface area (Å²) in [5.74, 6) is 0. The fourth-order valence-electron chi connectivity index (χ4n) is 1.96. The summed E-state index contributed by atoms with van der Waals surface area (Å²) in [5, 5.41) is 0.797. The molecule has 0 atom stereocenters. The first-order chi connectivity index (χ1) is 7.07. The maximum Gasteiger partial charge on any atom is 0.0407 e. The average Bonchev–Trinajstić information content (AvgIpc) is 2.17. The Bertz CT molecular complexity index is 365. The average molecular weight is 222 g/mol. The minimum Gasteiger partial charge on any atom is -0.367 e. The van der Waals surface area contributed by atoms with E-state index in [1.165, 1.54) is 5.69 Å². The highest BCUT2D eigenvalue weighted by Crippen LogP contribution is 2.27. The highest BCUT2D eigenvalue weighted by atomic mass is 35.5. The number of nitrogens with zero attached hydrogens (tertiary/aromatic N) is 1. The van der Waals surface area contributed by atoms with Gasteiger partial charge in [0.05, 0.1) is 0 Å². The van der Waals surface area contributed by atoms with Crippen molar-refractivity contribution in [3.63, 3.8) is 0 Å². The number of hydrogen-bond acceptors (Lipinski definition) is 1. The molecule has 15 heavy (non-hydrogen) atoms. The summed E-state index contributed by atoms with van der Waals surface area (Å²) in [7, 11) is 0. The Morgan fingerprint density at radius 3 is 2.47 bits per heavy atom. The summed E-state index contributed by atoms with van der Waals surface area (Å²) in [4.78, 5) is 2.37. The quantitative estimate of drug-likeness (QED) is 0.653. The standard InChI is InChI=1S/C13H16ClN/c1-13(2)8-3-9-15(10-13)12-6-4-11(14)5-7-12/h3-8H,9-10H2,1-2H3. The maximum absolute atomic E-state index is 5.87. The van der Waals surface area contributed by atoms with E-state index in [2.05, 4.69) is 43.0 Å². The molecule has 0 aromatic heterocycles. The molecule has 0 fully saturated rings. The van der Waals surface area contributed by atoms with Crippen LogP contribution in [0, 0.1) is 5.41 Å². The molecule has 1 aliphatic heterocycles. The van der Waals surface area contributed by atoms with Crippen LogP contribution in [0.2, 0.25) is 5.02 Å². The first kappa shape index (κ1) is 10.6. The molecule has 1 heterocycles. The van der Waals surface area contributed by atoms with Crippen molar-refractivity contribution >= 4 is 17.3 Å². The van der Waals surface area contributed by atoms with Gasteiger partial charge in [-0.15, -0.1) is 0 Å². The summed E-state index contributed by atoms with van der Waals surface area (Å²) < 4.78 is 0. The van der Waals surface area contributed by atoms with Crippen molar-refractivity contribution in [1.29, 1.82) is 0 Å². The first-order valence-electron chi connectivity index (χ1n) is 5.25. The van der Waals surface area contributed by atoms with Crippen molar-refractivity contribution in [1.82, 2.24) is 0 Å². The van der Waals surface area contributed by atoms with Gasteiger partial charge < -0.3 is 4.90 Å². The summed E-state index contributed by atoms with van der Waals surface area (Å²) in [5.41, 5.74) is 1.51. The molecule has 0 radical (unpaired) electrons. The van der Waals surface area contributed by atoms with Gasteiger partial charge in [-0.3, -0.25) is 0 Å². The molecule has 2 rings (SSSR count). The van der Waals surface area contributed by atoms with Crippen molar-refractivity contribution in [2.24, 2.45) is 5.41 Å². The molecule has 0 aliphatic carbocycles. The molecule has 0 saturated carbocycles. The number of anilines is 1. The predicted molar refractivity (Wildman–Crippen MR) is 66.6 cm³/mol. The molecule has 0 saturated heterocycles. The van der Waals surface area contributed by atoms with Gasteiger partial charge in [0.25, 0.3) is 0 Å². The topological polar surface area (TPSA) is 3.24 Å². The normalized spacial score (nSPS) is 19.3. The monoisotopic (exact) mass is 221 g/mol. The Balaban J connectivity index is 2.19. The fraction of sp³-hybridized carbons (Fsp3) is 0.385. The zero-order valence-corrected chi connectivity index (χ0v) is 9.96. The van der Waals surface area contributed by atoms with Crippen molar-refractivity contribution in [2.75, 3.05) is 18.0 Å². The van der Waals surface area contributed by atoms with Crippen LogP contribution in [-0.4, -0.2) is 13.1 Å². The van der Waals surface area contributed by atoms with Gasteiger partial charge in [-0.05, 0) is 24.3 Å². The van der Waals surface area contributed by atoms with Gasteiger partial charge in [0.2, 0.25) is 0 Å². The second-order valence-corrected chi connectivity index (χ2v) is 5.18. The lowest BCUT2D eigenvalue weighted by atomic mass is 9.89. The lowest BCUT2D eigenvalue weighted by molar-refractivity contribution is 0.461.